The second-order valence-electron chi connectivity index (χ2n) is 10.4. The molecule has 0 unspecified atom stereocenters. The second kappa shape index (κ2) is 15.9. The van der Waals surface area contributed by atoms with Crippen molar-refractivity contribution in [1.82, 2.24) is 4.98 Å². The van der Waals surface area contributed by atoms with Crippen LogP contribution in [0.25, 0.3) is 0 Å². The Morgan fingerprint density at radius 1 is 0.800 bits per heavy atom. The van der Waals surface area contributed by atoms with Gasteiger partial charge in [0.25, 0.3) is 0 Å². The normalized spacial score (nSPS) is 20.4. The second-order valence-corrected chi connectivity index (χ2v) is 10.4. The third kappa shape index (κ3) is 10.5. The minimum atomic E-state index is 0.718. The van der Waals surface area contributed by atoms with Gasteiger partial charge < -0.3 is 0 Å². The van der Waals surface area contributed by atoms with Crippen LogP contribution in [0, 0.1) is 11.8 Å². The van der Waals surface area contributed by atoms with Gasteiger partial charge in [-0.25, -0.2) is 0 Å². The lowest BCUT2D eigenvalue weighted by Crippen LogP contribution is -2.15. The van der Waals surface area contributed by atoms with Gasteiger partial charge in [0, 0.05) is 17.8 Å². The molecular formula is C29H51N. The molecule has 1 fully saturated rings. The summed E-state index contributed by atoms with van der Waals surface area (Å²) in [6.07, 6.45) is 27.2. The lowest BCUT2D eigenvalue weighted by molar-refractivity contribution is 0.283. The van der Waals surface area contributed by atoms with E-state index in [1.54, 1.807) is 0 Å². The highest BCUT2D eigenvalue weighted by atomic mass is 14.7. The van der Waals surface area contributed by atoms with Crippen LogP contribution in [0.3, 0.4) is 0 Å². The topological polar surface area (TPSA) is 12.9 Å². The molecule has 0 saturated heterocycles. The van der Waals surface area contributed by atoms with Crippen LogP contribution >= 0.6 is 0 Å². The predicted molar refractivity (Wildman–Crippen MR) is 133 cm³/mol. The Bertz CT molecular complexity index is 512. The van der Waals surface area contributed by atoms with Crippen molar-refractivity contribution in [2.24, 2.45) is 11.8 Å². The van der Waals surface area contributed by atoms with Crippen LogP contribution in [0.1, 0.15) is 147 Å². The van der Waals surface area contributed by atoms with Gasteiger partial charge in [0.05, 0.1) is 0 Å². The van der Waals surface area contributed by atoms with Crippen molar-refractivity contribution in [3.63, 3.8) is 0 Å². The molecule has 1 heterocycles. The van der Waals surface area contributed by atoms with Crippen LogP contribution < -0.4 is 0 Å². The summed E-state index contributed by atoms with van der Waals surface area (Å²) in [5, 5.41) is 0. The zero-order valence-electron chi connectivity index (χ0n) is 20.6. The average molecular weight is 414 g/mol. The average Bonchev–Trinajstić information content (AvgIpc) is 2.78. The summed E-state index contributed by atoms with van der Waals surface area (Å²) in [5.41, 5.74) is 2.81. The molecule has 0 spiro atoms. The summed E-state index contributed by atoms with van der Waals surface area (Å²) in [5.74, 6) is 2.63. The number of nitrogens with zero attached hydrogens (tertiary/aromatic N) is 1. The Labute approximate surface area is 188 Å². The molecule has 0 amide bonds. The molecule has 1 aromatic rings. The fourth-order valence-corrected chi connectivity index (χ4v) is 5.27. The SMILES string of the molecule is CCCCCCCCCc1ccc(C2CCC(CC[C@@H](C)CCCCC)CC2)nc1. The minimum absolute atomic E-state index is 0.718. The van der Waals surface area contributed by atoms with Crippen molar-refractivity contribution >= 4 is 0 Å². The zero-order valence-corrected chi connectivity index (χ0v) is 20.6. The van der Waals surface area contributed by atoms with E-state index in [9.17, 15) is 0 Å². The first-order valence-corrected chi connectivity index (χ1v) is 13.7. The van der Waals surface area contributed by atoms with Crippen molar-refractivity contribution in [2.45, 2.75) is 142 Å². The Balaban J connectivity index is 1.59. The number of aryl methyl sites for hydroxylation is 1. The van der Waals surface area contributed by atoms with Crippen molar-refractivity contribution in [3.8, 4) is 0 Å². The van der Waals surface area contributed by atoms with Crippen molar-refractivity contribution in [1.29, 1.82) is 0 Å². The van der Waals surface area contributed by atoms with Crippen molar-refractivity contribution < 1.29 is 0 Å². The molecule has 0 N–H and O–H groups in total. The number of rotatable bonds is 16. The van der Waals surface area contributed by atoms with Crippen molar-refractivity contribution in [3.05, 3.63) is 29.6 Å². The number of hydrogen-bond acceptors (Lipinski definition) is 1. The van der Waals surface area contributed by atoms with Gasteiger partial charge in [0.1, 0.15) is 0 Å². The third-order valence-electron chi connectivity index (χ3n) is 7.55. The lowest BCUT2D eigenvalue weighted by Gasteiger charge is -2.29. The molecule has 2 rings (SSSR count). The molecule has 1 atom stereocenters. The number of aromatic nitrogens is 1. The van der Waals surface area contributed by atoms with E-state index in [1.807, 2.05) is 0 Å². The molecule has 1 nitrogen and oxygen atoms in total. The summed E-state index contributed by atoms with van der Waals surface area (Å²) in [6.45, 7) is 7.07. The van der Waals surface area contributed by atoms with E-state index < -0.39 is 0 Å². The van der Waals surface area contributed by atoms with Crippen molar-refractivity contribution in [2.75, 3.05) is 0 Å². The van der Waals surface area contributed by atoms with Crippen LogP contribution in [0.15, 0.2) is 18.3 Å². The van der Waals surface area contributed by atoms with Gasteiger partial charge in [0.15, 0.2) is 0 Å². The van der Waals surface area contributed by atoms with Crippen LogP contribution in [-0.2, 0) is 6.42 Å². The molecule has 1 saturated carbocycles. The molecule has 30 heavy (non-hydrogen) atoms. The highest BCUT2D eigenvalue weighted by Crippen LogP contribution is 2.37. The molecule has 1 heteroatoms. The summed E-state index contributed by atoms with van der Waals surface area (Å²) < 4.78 is 0. The van der Waals surface area contributed by atoms with Gasteiger partial charge in [-0.1, -0.05) is 104 Å². The summed E-state index contributed by atoms with van der Waals surface area (Å²) in [7, 11) is 0. The number of pyridine rings is 1. The van der Waals surface area contributed by atoms with E-state index in [1.165, 1.54) is 127 Å². The lowest BCUT2D eigenvalue weighted by atomic mass is 9.77. The molecule has 1 aliphatic carbocycles. The molecule has 1 aliphatic rings. The fourth-order valence-electron chi connectivity index (χ4n) is 5.27. The first-order valence-electron chi connectivity index (χ1n) is 13.7. The standard InChI is InChI=1S/C29H51N/c1-4-6-8-9-10-11-13-15-27-20-23-29(30-24-27)28-21-18-26(19-22-28)17-16-25(3)14-12-7-5-2/h20,23-26,28H,4-19,21-22H2,1-3H3/t25-,26?,28?/m0/s1. The van der Waals surface area contributed by atoms with Gasteiger partial charge in [-0.3, -0.25) is 4.98 Å². The Hall–Kier alpha value is -0.850. The van der Waals surface area contributed by atoms with E-state index >= 15 is 0 Å². The Morgan fingerprint density at radius 2 is 1.47 bits per heavy atom. The third-order valence-corrected chi connectivity index (χ3v) is 7.55. The van der Waals surface area contributed by atoms with Gasteiger partial charge >= 0.3 is 0 Å². The molecular weight excluding hydrogens is 362 g/mol. The zero-order chi connectivity index (χ0) is 21.4. The van der Waals surface area contributed by atoms with E-state index in [0.29, 0.717) is 0 Å². The minimum Gasteiger partial charge on any atom is -0.261 e. The van der Waals surface area contributed by atoms with E-state index in [2.05, 4.69) is 39.1 Å². The highest BCUT2D eigenvalue weighted by molar-refractivity contribution is 5.17. The summed E-state index contributed by atoms with van der Waals surface area (Å²) >= 11 is 0. The van der Waals surface area contributed by atoms with E-state index in [-0.39, 0.29) is 0 Å². The van der Waals surface area contributed by atoms with E-state index in [4.69, 9.17) is 4.98 Å². The maximum absolute atomic E-state index is 4.88. The van der Waals surface area contributed by atoms with Gasteiger partial charge in [-0.15, -0.1) is 0 Å². The quantitative estimate of drug-likeness (QED) is 0.246. The molecule has 172 valence electrons. The van der Waals surface area contributed by atoms with Crippen LogP contribution in [0.2, 0.25) is 0 Å². The first kappa shape index (κ1) is 25.4. The van der Waals surface area contributed by atoms with Crippen LogP contribution in [-0.4, -0.2) is 4.98 Å². The largest absolute Gasteiger partial charge is 0.261 e. The highest BCUT2D eigenvalue weighted by Gasteiger charge is 2.23. The summed E-state index contributed by atoms with van der Waals surface area (Å²) in [4.78, 5) is 4.88. The maximum Gasteiger partial charge on any atom is 0.0434 e. The van der Waals surface area contributed by atoms with Crippen LogP contribution in [0.4, 0.5) is 0 Å². The molecule has 1 aromatic heterocycles. The maximum atomic E-state index is 4.88. The van der Waals surface area contributed by atoms with Gasteiger partial charge in [-0.05, 0) is 62.0 Å². The first-order chi connectivity index (χ1) is 14.7. The fraction of sp³-hybridized carbons (Fsp3) is 0.828. The van der Waals surface area contributed by atoms with Gasteiger partial charge in [0.2, 0.25) is 0 Å². The monoisotopic (exact) mass is 413 g/mol. The van der Waals surface area contributed by atoms with Gasteiger partial charge in [-0.2, -0.15) is 0 Å². The smallest absolute Gasteiger partial charge is 0.0434 e. The number of unbranched alkanes of at least 4 members (excludes halogenated alkanes) is 8. The molecule has 0 radical (unpaired) electrons. The molecule has 0 bridgehead atoms. The predicted octanol–water partition coefficient (Wildman–Crippen LogP) is 9.65. The molecule has 0 aromatic carbocycles. The molecule has 0 aliphatic heterocycles. The summed E-state index contributed by atoms with van der Waals surface area (Å²) in [6, 6.07) is 4.71. The Kier molecular flexibility index (Phi) is 13.4. The Morgan fingerprint density at radius 3 is 2.13 bits per heavy atom. The van der Waals surface area contributed by atoms with Crippen LogP contribution in [0.5, 0.6) is 0 Å². The van der Waals surface area contributed by atoms with E-state index in [0.717, 1.165) is 17.8 Å². The number of hydrogen-bond donors (Lipinski definition) is 0.